The van der Waals surface area contributed by atoms with Crippen LogP contribution in [-0.4, -0.2) is 55.6 Å². The number of rotatable bonds is 6. The van der Waals surface area contributed by atoms with Gasteiger partial charge >= 0.3 is 10.2 Å². The number of halogens is 4. The van der Waals surface area contributed by atoms with E-state index in [0.29, 0.717) is 12.3 Å². The predicted molar refractivity (Wildman–Crippen MR) is 141 cm³/mol. The maximum atomic E-state index is 13.5. The van der Waals surface area contributed by atoms with Gasteiger partial charge in [0.2, 0.25) is 11.8 Å². The Morgan fingerprint density at radius 3 is 2.25 bits per heavy atom. The summed E-state index contributed by atoms with van der Waals surface area (Å²) in [6.45, 7) is -0.423. The molecule has 3 atom stereocenters. The third-order valence-corrected chi connectivity index (χ3v) is 11.1. The van der Waals surface area contributed by atoms with Gasteiger partial charge in [0.25, 0.3) is 0 Å². The summed E-state index contributed by atoms with van der Waals surface area (Å²) in [5.74, 6) is 0.438. The molecule has 36 heavy (non-hydrogen) atoms. The van der Waals surface area contributed by atoms with Crippen LogP contribution in [0.15, 0.2) is 12.1 Å². The van der Waals surface area contributed by atoms with Crippen molar-refractivity contribution in [1.29, 1.82) is 0 Å². The molecular formula is C23H28Cl4N4O4S. The third kappa shape index (κ3) is 4.92. The highest BCUT2D eigenvalue weighted by Gasteiger charge is 2.56. The first kappa shape index (κ1) is 26.6. The first-order valence-corrected chi connectivity index (χ1v) is 15.0. The van der Waals surface area contributed by atoms with Crippen LogP contribution in [0.2, 0.25) is 15.1 Å². The van der Waals surface area contributed by atoms with Gasteiger partial charge < -0.3 is 11.1 Å². The Bertz CT molecular complexity index is 1160. The Kier molecular flexibility index (Phi) is 7.14. The minimum atomic E-state index is -4.13. The number of carbonyl (C=O) groups excluding carboxylic acids is 2. The number of hydrogen-bond donors (Lipinski definition) is 2. The number of alkyl halides is 1. The van der Waals surface area contributed by atoms with E-state index in [-0.39, 0.29) is 75.5 Å². The van der Waals surface area contributed by atoms with E-state index in [1.54, 1.807) is 0 Å². The molecule has 3 N–H and O–H groups in total. The van der Waals surface area contributed by atoms with E-state index in [2.05, 4.69) is 5.32 Å². The minimum absolute atomic E-state index is 0.0159. The van der Waals surface area contributed by atoms with Crippen molar-refractivity contribution >= 4 is 74.1 Å². The van der Waals surface area contributed by atoms with Crippen molar-refractivity contribution in [2.75, 3.05) is 23.9 Å². The Balaban J connectivity index is 1.31. The van der Waals surface area contributed by atoms with Gasteiger partial charge in [-0.25, -0.2) is 0 Å². The fourth-order valence-electron chi connectivity index (χ4n) is 7.32. The molecule has 0 radical (unpaired) electrons. The van der Waals surface area contributed by atoms with Crippen LogP contribution < -0.4 is 15.4 Å². The predicted octanol–water partition coefficient (Wildman–Crippen LogP) is 3.81. The Labute approximate surface area is 230 Å². The number of benzene rings is 1. The van der Waals surface area contributed by atoms with Crippen molar-refractivity contribution in [3.05, 3.63) is 27.2 Å². The van der Waals surface area contributed by atoms with Crippen LogP contribution in [0.3, 0.4) is 0 Å². The zero-order chi connectivity index (χ0) is 26.0. The lowest BCUT2D eigenvalue weighted by molar-refractivity contribution is -0.134. The monoisotopic (exact) mass is 596 g/mol. The second kappa shape index (κ2) is 9.65. The van der Waals surface area contributed by atoms with Crippen LogP contribution in [0.4, 0.5) is 5.69 Å². The molecule has 1 aromatic rings. The molecule has 5 aliphatic rings. The number of amides is 2. The molecule has 0 spiro atoms. The minimum Gasteiger partial charge on any atom is -0.370 e. The van der Waals surface area contributed by atoms with Crippen molar-refractivity contribution < 1.29 is 18.0 Å². The summed E-state index contributed by atoms with van der Waals surface area (Å²) in [6.07, 6.45) is 5.16. The molecule has 1 heterocycles. The second-order valence-corrected chi connectivity index (χ2v) is 14.6. The molecule has 198 valence electrons. The molecule has 0 aromatic heterocycles. The topological polar surface area (TPSA) is 113 Å². The van der Waals surface area contributed by atoms with Gasteiger partial charge in [0.05, 0.1) is 34.2 Å². The van der Waals surface area contributed by atoms with Gasteiger partial charge in [0, 0.05) is 24.0 Å². The molecular weight excluding hydrogens is 570 g/mol. The zero-order valence-electron chi connectivity index (χ0n) is 19.4. The molecule has 4 aliphatic carbocycles. The number of nitrogens with two attached hydrogens (primary N) is 1. The summed E-state index contributed by atoms with van der Waals surface area (Å²) in [4.78, 5) is 24.8. The van der Waals surface area contributed by atoms with Gasteiger partial charge in [-0.1, -0.05) is 34.8 Å². The molecule has 1 aliphatic heterocycles. The van der Waals surface area contributed by atoms with Crippen molar-refractivity contribution in [1.82, 2.24) is 9.62 Å². The first-order valence-electron chi connectivity index (χ1n) is 12.0. The molecule has 8 nitrogen and oxygen atoms in total. The van der Waals surface area contributed by atoms with Crippen molar-refractivity contribution in [3.63, 3.8) is 0 Å². The molecule has 2 amide bonds. The van der Waals surface area contributed by atoms with Gasteiger partial charge in [0.1, 0.15) is 0 Å². The van der Waals surface area contributed by atoms with Gasteiger partial charge in [0.15, 0.2) is 0 Å². The number of carbonyl (C=O) groups is 2. The SMILES string of the molecule is NC(=O)CC12CC3CC(C1)C(NC(=O)CN1CC(Cl)CN(c4c(Cl)cc(Cl)cc4Cl)S1(=O)=O)C(C3)C2. The standard InChI is InChI=1S/C23H28Cl4N4O4S/c24-15-3-17(26)22(18(27)4-15)31-10-16(25)9-30(36(31,34)35)11-20(33)29-21-13-1-12-2-14(21)7-23(5-12,6-13)8-19(28)32/h3-4,12-14,16,21H,1-2,5-11H2,(H2,28,32)(H,29,33). The molecule has 1 saturated heterocycles. The van der Waals surface area contributed by atoms with Crippen molar-refractivity contribution in [2.24, 2.45) is 28.9 Å². The van der Waals surface area contributed by atoms with Gasteiger partial charge in [-0.15, -0.1) is 11.6 Å². The van der Waals surface area contributed by atoms with Crippen LogP contribution in [0.5, 0.6) is 0 Å². The van der Waals surface area contributed by atoms with Gasteiger partial charge in [-0.2, -0.15) is 12.7 Å². The van der Waals surface area contributed by atoms with Gasteiger partial charge in [-0.3, -0.25) is 13.9 Å². The zero-order valence-corrected chi connectivity index (χ0v) is 23.3. The number of nitrogens with one attached hydrogen (secondary N) is 1. The molecule has 6 rings (SSSR count). The van der Waals surface area contributed by atoms with E-state index in [1.807, 2.05) is 0 Å². The maximum Gasteiger partial charge on any atom is 0.304 e. The first-order chi connectivity index (χ1) is 16.9. The molecule has 13 heteroatoms. The maximum absolute atomic E-state index is 13.5. The third-order valence-electron chi connectivity index (χ3n) is 8.20. The summed E-state index contributed by atoms with van der Waals surface area (Å²) in [5.41, 5.74) is 5.57. The lowest BCUT2D eigenvalue weighted by Gasteiger charge is -2.60. The smallest absolute Gasteiger partial charge is 0.304 e. The summed E-state index contributed by atoms with van der Waals surface area (Å²) in [5, 5.41) is 2.96. The lowest BCUT2D eigenvalue weighted by Crippen LogP contribution is -2.61. The number of hydrogen-bond acceptors (Lipinski definition) is 4. The molecule has 4 saturated carbocycles. The molecule has 4 bridgehead atoms. The van der Waals surface area contributed by atoms with Crippen LogP contribution in [-0.2, 0) is 19.8 Å². The van der Waals surface area contributed by atoms with Crippen LogP contribution in [0.1, 0.15) is 38.5 Å². The van der Waals surface area contributed by atoms with Crippen molar-refractivity contribution in [2.45, 2.75) is 49.9 Å². The van der Waals surface area contributed by atoms with E-state index >= 15 is 0 Å². The highest BCUT2D eigenvalue weighted by Crippen LogP contribution is 2.61. The fourth-order valence-corrected chi connectivity index (χ4v) is 10.6. The second-order valence-electron chi connectivity index (χ2n) is 10.9. The average Bonchev–Trinajstić information content (AvgIpc) is 2.72. The summed E-state index contributed by atoms with van der Waals surface area (Å²) < 4.78 is 29.1. The quantitative estimate of drug-likeness (QED) is 0.486. The molecule has 1 aromatic carbocycles. The number of nitrogens with zero attached hydrogens (tertiary/aromatic N) is 2. The normalized spacial score (nSPS) is 35.1. The summed E-state index contributed by atoms with van der Waals surface area (Å²) in [6, 6.07) is 2.78. The fraction of sp³-hybridized carbons (Fsp3) is 0.652. The number of primary amides is 1. The highest BCUT2D eigenvalue weighted by molar-refractivity contribution is 7.90. The van der Waals surface area contributed by atoms with E-state index in [9.17, 15) is 18.0 Å². The summed E-state index contributed by atoms with van der Waals surface area (Å²) in [7, 11) is -4.13. The molecule has 3 unspecified atom stereocenters. The summed E-state index contributed by atoms with van der Waals surface area (Å²) >= 11 is 25.0. The van der Waals surface area contributed by atoms with E-state index in [1.165, 1.54) is 12.1 Å². The average molecular weight is 598 g/mol. The Morgan fingerprint density at radius 1 is 1.06 bits per heavy atom. The Morgan fingerprint density at radius 2 is 1.67 bits per heavy atom. The molecule has 5 fully saturated rings. The largest absolute Gasteiger partial charge is 0.370 e. The number of anilines is 1. The lowest BCUT2D eigenvalue weighted by atomic mass is 9.47. The van der Waals surface area contributed by atoms with E-state index in [4.69, 9.17) is 52.1 Å². The van der Waals surface area contributed by atoms with E-state index < -0.39 is 15.6 Å². The van der Waals surface area contributed by atoms with Crippen LogP contribution in [0.25, 0.3) is 0 Å². The Hall–Kier alpha value is -0.970. The van der Waals surface area contributed by atoms with Crippen molar-refractivity contribution in [3.8, 4) is 0 Å². The van der Waals surface area contributed by atoms with Crippen LogP contribution in [0, 0.1) is 23.2 Å². The van der Waals surface area contributed by atoms with Crippen LogP contribution >= 0.6 is 46.4 Å². The highest BCUT2D eigenvalue weighted by atomic mass is 35.5. The van der Waals surface area contributed by atoms with Gasteiger partial charge in [-0.05, 0) is 67.4 Å². The van der Waals surface area contributed by atoms with E-state index in [0.717, 1.165) is 40.7 Å².